The van der Waals surface area contributed by atoms with Gasteiger partial charge >= 0.3 is 5.97 Å². The van der Waals surface area contributed by atoms with E-state index >= 15 is 0 Å². The number of carbonyl (C=O) groups is 1. The van der Waals surface area contributed by atoms with Gasteiger partial charge < -0.3 is 14.6 Å². The highest BCUT2D eigenvalue weighted by molar-refractivity contribution is 5.82. The van der Waals surface area contributed by atoms with Crippen LogP contribution in [0.5, 0.6) is 11.5 Å². The number of phenolic OH excluding ortho intramolecular Hbond substituents is 1. The van der Waals surface area contributed by atoms with Crippen LogP contribution in [0.15, 0.2) is 18.2 Å². The Balaban J connectivity index is 2.35. The second kappa shape index (κ2) is 4.52. The quantitative estimate of drug-likeness (QED) is 0.836. The molecule has 0 saturated carbocycles. The molecule has 4 nitrogen and oxygen atoms in total. The van der Waals surface area contributed by atoms with Crippen LogP contribution in [0.2, 0.25) is 0 Å². The molecule has 0 saturated heterocycles. The minimum Gasteiger partial charge on any atom is -0.508 e. The summed E-state index contributed by atoms with van der Waals surface area (Å²) in [6.45, 7) is 5.98. The minimum atomic E-state index is -0.966. The standard InChI is InChI=1S/C14H18O4/c1-4-17-13(16)14(9(2)3)8-10-7-11(15)5-6-12(10)18-14/h5-7,9,15H,4,8H2,1-3H3. The molecule has 98 valence electrons. The molecular formula is C14H18O4. The summed E-state index contributed by atoms with van der Waals surface area (Å²) >= 11 is 0. The average Bonchev–Trinajstić information content (AvgIpc) is 2.69. The number of phenols is 1. The van der Waals surface area contributed by atoms with Crippen LogP contribution in [-0.2, 0) is 16.0 Å². The highest BCUT2D eigenvalue weighted by Gasteiger charge is 2.50. The topological polar surface area (TPSA) is 55.8 Å². The van der Waals surface area contributed by atoms with E-state index in [1.165, 1.54) is 0 Å². The van der Waals surface area contributed by atoms with Crippen LogP contribution in [0, 0.1) is 5.92 Å². The highest BCUT2D eigenvalue weighted by Crippen LogP contribution is 2.41. The van der Waals surface area contributed by atoms with Crippen LogP contribution in [0.1, 0.15) is 26.3 Å². The molecule has 1 heterocycles. The summed E-state index contributed by atoms with van der Waals surface area (Å²) in [7, 11) is 0. The molecule has 1 aromatic carbocycles. The van der Waals surface area contributed by atoms with Crippen LogP contribution in [0.3, 0.4) is 0 Å². The Labute approximate surface area is 107 Å². The third kappa shape index (κ3) is 1.92. The number of rotatable bonds is 3. The Kier molecular flexibility index (Phi) is 3.20. The van der Waals surface area contributed by atoms with E-state index in [2.05, 4.69) is 0 Å². The minimum absolute atomic E-state index is 0.00825. The molecule has 0 radical (unpaired) electrons. The molecule has 0 aromatic heterocycles. The van der Waals surface area contributed by atoms with Crippen LogP contribution >= 0.6 is 0 Å². The van der Waals surface area contributed by atoms with E-state index in [0.717, 1.165) is 5.56 Å². The van der Waals surface area contributed by atoms with Crippen molar-refractivity contribution in [3.63, 3.8) is 0 Å². The molecule has 0 bridgehead atoms. The summed E-state index contributed by atoms with van der Waals surface area (Å²) in [5.74, 6) is 0.483. The van der Waals surface area contributed by atoms with Gasteiger partial charge in [0.2, 0.25) is 5.60 Å². The smallest absolute Gasteiger partial charge is 0.351 e. The van der Waals surface area contributed by atoms with E-state index in [4.69, 9.17) is 9.47 Å². The highest BCUT2D eigenvalue weighted by atomic mass is 16.6. The molecule has 4 heteroatoms. The van der Waals surface area contributed by atoms with Gasteiger partial charge in [0.1, 0.15) is 11.5 Å². The largest absolute Gasteiger partial charge is 0.508 e. The third-order valence-corrected chi connectivity index (χ3v) is 3.34. The number of fused-ring (bicyclic) bond motifs is 1. The van der Waals surface area contributed by atoms with Crippen molar-refractivity contribution in [1.29, 1.82) is 0 Å². The first-order valence-corrected chi connectivity index (χ1v) is 6.17. The monoisotopic (exact) mass is 250 g/mol. The normalized spacial score (nSPS) is 21.6. The van der Waals surface area contributed by atoms with E-state index in [1.807, 2.05) is 13.8 Å². The van der Waals surface area contributed by atoms with Crippen molar-refractivity contribution in [1.82, 2.24) is 0 Å². The Morgan fingerprint density at radius 2 is 2.28 bits per heavy atom. The summed E-state index contributed by atoms with van der Waals surface area (Å²) in [4.78, 5) is 12.2. The van der Waals surface area contributed by atoms with Gasteiger partial charge in [-0.2, -0.15) is 0 Å². The second-order valence-corrected chi connectivity index (χ2v) is 4.84. The van der Waals surface area contributed by atoms with Gasteiger partial charge in [-0.05, 0) is 25.1 Å². The fourth-order valence-electron chi connectivity index (χ4n) is 2.24. The summed E-state index contributed by atoms with van der Waals surface area (Å²) in [6.07, 6.45) is 0.438. The molecule has 0 amide bonds. The van der Waals surface area contributed by atoms with Crippen molar-refractivity contribution in [3.8, 4) is 11.5 Å². The molecular weight excluding hydrogens is 232 g/mol. The van der Waals surface area contributed by atoms with E-state index < -0.39 is 5.60 Å². The molecule has 1 aromatic rings. The number of esters is 1. The second-order valence-electron chi connectivity index (χ2n) is 4.84. The fraction of sp³-hybridized carbons (Fsp3) is 0.500. The summed E-state index contributed by atoms with van der Waals surface area (Å²) < 4.78 is 11.0. The van der Waals surface area contributed by atoms with Gasteiger partial charge in [-0.25, -0.2) is 4.79 Å². The third-order valence-electron chi connectivity index (χ3n) is 3.34. The predicted molar refractivity (Wildman–Crippen MR) is 66.6 cm³/mol. The molecule has 0 fully saturated rings. The lowest BCUT2D eigenvalue weighted by molar-refractivity contribution is -0.164. The Morgan fingerprint density at radius 3 is 2.89 bits per heavy atom. The predicted octanol–water partition coefficient (Wildman–Crippen LogP) is 2.29. The molecule has 0 spiro atoms. The van der Waals surface area contributed by atoms with E-state index in [-0.39, 0.29) is 17.6 Å². The van der Waals surface area contributed by atoms with Crippen molar-refractivity contribution in [2.75, 3.05) is 6.61 Å². The van der Waals surface area contributed by atoms with Crippen molar-refractivity contribution in [2.24, 2.45) is 5.92 Å². The number of carbonyl (C=O) groups excluding carboxylic acids is 1. The maximum Gasteiger partial charge on any atom is 0.351 e. The Bertz CT molecular complexity index is 467. The number of ether oxygens (including phenoxy) is 2. The molecule has 0 aliphatic carbocycles. The first-order chi connectivity index (χ1) is 8.49. The van der Waals surface area contributed by atoms with Gasteiger partial charge in [-0.1, -0.05) is 13.8 Å². The van der Waals surface area contributed by atoms with Crippen LogP contribution in [-0.4, -0.2) is 23.3 Å². The van der Waals surface area contributed by atoms with Gasteiger partial charge in [0.05, 0.1) is 6.61 Å². The molecule has 18 heavy (non-hydrogen) atoms. The molecule has 1 N–H and O–H groups in total. The average molecular weight is 250 g/mol. The van der Waals surface area contributed by atoms with Gasteiger partial charge in [0.25, 0.3) is 0 Å². The lowest BCUT2D eigenvalue weighted by Crippen LogP contribution is -2.49. The van der Waals surface area contributed by atoms with Gasteiger partial charge in [-0.15, -0.1) is 0 Å². The van der Waals surface area contributed by atoms with Gasteiger partial charge in [0.15, 0.2) is 0 Å². The Hall–Kier alpha value is -1.71. The van der Waals surface area contributed by atoms with Gasteiger partial charge in [0, 0.05) is 17.9 Å². The van der Waals surface area contributed by atoms with Crippen LogP contribution in [0.25, 0.3) is 0 Å². The van der Waals surface area contributed by atoms with Crippen molar-refractivity contribution in [2.45, 2.75) is 32.8 Å². The number of benzene rings is 1. The maximum absolute atomic E-state index is 12.2. The van der Waals surface area contributed by atoms with Crippen molar-refractivity contribution >= 4 is 5.97 Å². The molecule has 1 aliphatic heterocycles. The number of aromatic hydroxyl groups is 1. The lowest BCUT2D eigenvalue weighted by atomic mass is 9.86. The number of hydrogen-bond donors (Lipinski definition) is 1. The van der Waals surface area contributed by atoms with Crippen LogP contribution < -0.4 is 4.74 Å². The van der Waals surface area contributed by atoms with E-state index in [1.54, 1.807) is 25.1 Å². The zero-order chi connectivity index (χ0) is 13.3. The van der Waals surface area contributed by atoms with Crippen molar-refractivity contribution in [3.05, 3.63) is 23.8 Å². The van der Waals surface area contributed by atoms with E-state index in [9.17, 15) is 9.90 Å². The first-order valence-electron chi connectivity index (χ1n) is 6.17. The van der Waals surface area contributed by atoms with Gasteiger partial charge in [-0.3, -0.25) is 0 Å². The summed E-state index contributed by atoms with van der Waals surface area (Å²) in [6, 6.07) is 4.88. The zero-order valence-electron chi connectivity index (χ0n) is 10.9. The van der Waals surface area contributed by atoms with Crippen LogP contribution in [0.4, 0.5) is 0 Å². The maximum atomic E-state index is 12.2. The summed E-state index contributed by atoms with van der Waals surface area (Å²) in [5, 5.41) is 9.48. The van der Waals surface area contributed by atoms with E-state index in [0.29, 0.717) is 18.8 Å². The molecule has 1 atom stereocenters. The first kappa shape index (κ1) is 12.7. The molecule has 2 rings (SSSR count). The number of hydrogen-bond acceptors (Lipinski definition) is 4. The molecule has 1 unspecified atom stereocenters. The fourth-order valence-corrected chi connectivity index (χ4v) is 2.24. The Morgan fingerprint density at radius 1 is 1.56 bits per heavy atom. The lowest BCUT2D eigenvalue weighted by Gasteiger charge is -2.30. The summed E-state index contributed by atoms with van der Waals surface area (Å²) in [5.41, 5.74) is -0.122. The zero-order valence-corrected chi connectivity index (χ0v) is 10.9. The van der Waals surface area contributed by atoms with Crippen molar-refractivity contribution < 1.29 is 19.4 Å². The molecule has 1 aliphatic rings. The SMILES string of the molecule is CCOC(=O)C1(C(C)C)Cc2cc(O)ccc2O1.